The lowest BCUT2D eigenvalue weighted by Crippen LogP contribution is -3.00. The number of hydrogen-bond acceptors (Lipinski definition) is 3. The fourth-order valence-corrected chi connectivity index (χ4v) is 1.22. The van der Waals surface area contributed by atoms with Crippen LogP contribution in [0.5, 0.6) is 0 Å². The molecule has 19 heavy (non-hydrogen) atoms. The summed E-state index contributed by atoms with van der Waals surface area (Å²) in [7, 11) is 5.89. The van der Waals surface area contributed by atoms with Gasteiger partial charge in [-0.2, -0.15) is 0 Å². The van der Waals surface area contributed by atoms with E-state index < -0.39 is 23.7 Å². The molecule has 1 atom stereocenters. The number of amides is 1. The van der Waals surface area contributed by atoms with Crippen molar-refractivity contribution in [2.24, 2.45) is 0 Å². The van der Waals surface area contributed by atoms with E-state index >= 15 is 0 Å². The van der Waals surface area contributed by atoms with E-state index in [0.29, 0.717) is 17.4 Å². The number of quaternary nitrogens is 1. The molecule has 0 saturated carbocycles. The predicted molar refractivity (Wildman–Crippen MR) is 68.3 cm³/mol. The number of hydrogen-bond donors (Lipinski definition) is 2. The molecule has 0 rings (SSSR count). The predicted octanol–water partition coefficient (Wildman–Crippen LogP) is -1.94. The molecule has 0 spiro atoms. The highest BCUT2D eigenvalue weighted by Gasteiger charge is 2.25. The topological polar surface area (TPSA) is 75.6 Å². The summed E-state index contributed by atoms with van der Waals surface area (Å²) in [5.41, 5.74) is -0.632. The van der Waals surface area contributed by atoms with E-state index in [1.165, 1.54) is 0 Å². The lowest BCUT2D eigenvalue weighted by Gasteiger charge is -2.26. The Kier molecular flexibility index (Phi) is 8.61. The maximum atomic E-state index is 11.5. The molecular formula is C12H25IN2O4. The first-order chi connectivity index (χ1) is 7.91. The first kappa shape index (κ1) is 20.7. The van der Waals surface area contributed by atoms with E-state index in [0.717, 1.165) is 0 Å². The van der Waals surface area contributed by atoms with Gasteiger partial charge in [0.15, 0.2) is 0 Å². The third-order valence-electron chi connectivity index (χ3n) is 2.08. The summed E-state index contributed by atoms with van der Waals surface area (Å²) < 4.78 is 5.67. The number of carboxylic acids is 1. The van der Waals surface area contributed by atoms with E-state index in [4.69, 9.17) is 9.84 Å². The van der Waals surface area contributed by atoms with Crippen molar-refractivity contribution < 1.29 is 47.9 Å². The lowest BCUT2D eigenvalue weighted by molar-refractivity contribution is -0.870. The summed E-state index contributed by atoms with van der Waals surface area (Å²) in [6.07, 6.45) is -0.339. The van der Waals surface area contributed by atoms with Gasteiger partial charge in [-0.05, 0) is 20.8 Å². The van der Waals surface area contributed by atoms with Crippen LogP contribution in [0.15, 0.2) is 0 Å². The van der Waals surface area contributed by atoms with Gasteiger partial charge in [0.05, 0.1) is 27.7 Å². The highest BCUT2D eigenvalue weighted by Crippen LogP contribution is 2.07. The van der Waals surface area contributed by atoms with E-state index in [2.05, 4.69) is 5.32 Å². The average molecular weight is 388 g/mol. The second-order valence-corrected chi connectivity index (χ2v) is 6.34. The first-order valence-electron chi connectivity index (χ1n) is 5.93. The van der Waals surface area contributed by atoms with Gasteiger partial charge in [-0.25, -0.2) is 9.59 Å². The molecule has 0 aromatic carbocycles. The summed E-state index contributed by atoms with van der Waals surface area (Å²) in [5, 5.41) is 11.4. The standard InChI is InChI=1S/C12H24N2O4.HI/c1-12(2,3)18-11(17)13-9(10(15)16)7-8-14(4,5)6;/h9H,7-8H2,1-6H3,(H-,13,15,16,17);1H/t9-;/m0./s1. The fourth-order valence-electron chi connectivity index (χ4n) is 1.22. The first-order valence-corrected chi connectivity index (χ1v) is 5.93. The van der Waals surface area contributed by atoms with Gasteiger partial charge in [0, 0.05) is 6.42 Å². The van der Waals surface area contributed by atoms with E-state index in [1.807, 2.05) is 21.1 Å². The van der Waals surface area contributed by atoms with Crippen LogP contribution >= 0.6 is 0 Å². The van der Waals surface area contributed by atoms with Crippen LogP contribution in [0.3, 0.4) is 0 Å². The number of aliphatic carboxylic acids is 1. The van der Waals surface area contributed by atoms with Crippen LogP contribution < -0.4 is 29.3 Å². The van der Waals surface area contributed by atoms with Crippen molar-refractivity contribution in [3.8, 4) is 0 Å². The van der Waals surface area contributed by atoms with Gasteiger partial charge in [0.25, 0.3) is 0 Å². The molecule has 1 amide bonds. The van der Waals surface area contributed by atoms with Crippen molar-refractivity contribution in [1.82, 2.24) is 5.32 Å². The molecule has 2 N–H and O–H groups in total. The van der Waals surface area contributed by atoms with Gasteiger partial charge in [0.1, 0.15) is 11.6 Å². The normalized spacial score (nSPS) is 13.2. The van der Waals surface area contributed by atoms with E-state index in [9.17, 15) is 9.59 Å². The van der Waals surface area contributed by atoms with Crippen LogP contribution in [0.1, 0.15) is 27.2 Å². The average Bonchev–Trinajstić information content (AvgIpc) is 2.06. The molecular weight excluding hydrogens is 363 g/mol. The van der Waals surface area contributed by atoms with Gasteiger partial charge >= 0.3 is 12.1 Å². The Bertz CT molecular complexity index is 308. The number of carbonyl (C=O) groups is 2. The number of rotatable bonds is 5. The Labute approximate surface area is 132 Å². The third-order valence-corrected chi connectivity index (χ3v) is 2.08. The number of nitrogens with zero attached hydrogens (tertiary/aromatic N) is 1. The van der Waals surface area contributed by atoms with Crippen molar-refractivity contribution in [2.45, 2.75) is 38.8 Å². The van der Waals surface area contributed by atoms with Crippen molar-refractivity contribution in [3.63, 3.8) is 0 Å². The highest BCUT2D eigenvalue weighted by atomic mass is 127. The molecule has 0 aliphatic carbocycles. The Morgan fingerprint density at radius 1 is 1.26 bits per heavy atom. The Morgan fingerprint density at radius 3 is 2.05 bits per heavy atom. The van der Waals surface area contributed by atoms with Gasteiger partial charge < -0.3 is 43.6 Å². The van der Waals surface area contributed by atoms with Crippen molar-refractivity contribution in [2.75, 3.05) is 27.7 Å². The van der Waals surface area contributed by atoms with E-state index in [1.54, 1.807) is 20.8 Å². The molecule has 0 heterocycles. The molecule has 0 bridgehead atoms. The molecule has 0 aliphatic heterocycles. The summed E-state index contributed by atoms with van der Waals surface area (Å²) >= 11 is 0. The molecule has 0 aromatic heterocycles. The highest BCUT2D eigenvalue weighted by molar-refractivity contribution is 5.79. The second kappa shape index (κ2) is 7.88. The maximum absolute atomic E-state index is 11.5. The molecule has 0 aromatic rings. The summed E-state index contributed by atoms with van der Waals surface area (Å²) in [6.45, 7) is 5.84. The fraction of sp³-hybridized carbons (Fsp3) is 0.833. The second-order valence-electron chi connectivity index (χ2n) is 6.34. The number of carboxylic acid groups (broad SMARTS) is 1. The van der Waals surface area contributed by atoms with Crippen molar-refractivity contribution >= 4 is 12.1 Å². The molecule has 6 nitrogen and oxygen atoms in total. The van der Waals surface area contributed by atoms with Gasteiger partial charge in [-0.3, -0.25) is 0 Å². The number of halogens is 1. The van der Waals surface area contributed by atoms with Crippen molar-refractivity contribution in [1.29, 1.82) is 0 Å². The number of ether oxygens (including phenoxy) is 1. The zero-order valence-corrected chi connectivity index (χ0v) is 14.6. The molecule has 0 fully saturated rings. The molecule has 7 heteroatoms. The number of alkyl carbamates (subject to hydrolysis) is 1. The largest absolute Gasteiger partial charge is 1.00 e. The smallest absolute Gasteiger partial charge is 0.408 e. The van der Waals surface area contributed by atoms with Crippen molar-refractivity contribution in [3.05, 3.63) is 0 Å². The zero-order chi connectivity index (χ0) is 14.6. The minimum absolute atomic E-state index is 0. The van der Waals surface area contributed by atoms with E-state index in [-0.39, 0.29) is 24.0 Å². The number of nitrogens with one attached hydrogen (secondary N) is 1. The minimum Gasteiger partial charge on any atom is -1.00 e. The zero-order valence-electron chi connectivity index (χ0n) is 12.5. The molecule has 0 saturated heterocycles. The Balaban J connectivity index is 0. The molecule has 0 aliphatic rings. The number of carbonyl (C=O) groups excluding carboxylic acids is 1. The van der Waals surface area contributed by atoms with Crippen LogP contribution in [0, 0.1) is 0 Å². The molecule has 0 unspecified atom stereocenters. The third kappa shape index (κ3) is 12.2. The Hall–Kier alpha value is -0.570. The molecule has 114 valence electrons. The van der Waals surface area contributed by atoms with Crippen LogP contribution in [0.4, 0.5) is 4.79 Å². The monoisotopic (exact) mass is 388 g/mol. The van der Waals surface area contributed by atoms with Gasteiger partial charge in [0.2, 0.25) is 0 Å². The Morgan fingerprint density at radius 2 is 1.74 bits per heavy atom. The summed E-state index contributed by atoms with van der Waals surface area (Å²) in [5.74, 6) is -1.05. The summed E-state index contributed by atoms with van der Waals surface area (Å²) in [4.78, 5) is 22.5. The molecule has 0 radical (unpaired) electrons. The van der Waals surface area contributed by atoms with Crippen LogP contribution in [0.25, 0.3) is 0 Å². The quantitative estimate of drug-likeness (QED) is 0.425. The van der Waals surface area contributed by atoms with Gasteiger partial charge in [-0.1, -0.05) is 0 Å². The SMILES string of the molecule is CC(C)(C)OC(=O)N[C@@H](CC[N+](C)(C)C)C(=O)O.[I-]. The van der Waals surface area contributed by atoms with Crippen LogP contribution in [-0.4, -0.2) is 61.0 Å². The van der Waals surface area contributed by atoms with Crippen LogP contribution in [0.2, 0.25) is 0 Å². The summed E-state index contributed by atoms with van der Waals surface area (Å²) in [6, 6.07) is -0.919. The maximum Gasteiger partial charge on any atom is 0.408 e. The van der Waals surface area contributed by atoms with Crippen LogP contribution in [-0.2, 0) is 9.53 Å². The minimum atomic E-state index is -1.05. The lowest BCUT2D eigenvalue weighted by atomic mass is 10.2. The van der Waals surface area contributed by atoms with Gasteiger partial charge in [-0.15, -0.1) is 0 Å².